The average Bonchev–Trinajstić information content (AvgIpc) is 2.79. The first kappa shape index (κ1) is 28.9. The number of benzene rings is 1. The van der Waals surface area contributed by atoms with E-state index in [-0.39, 0.29) is 12.1 Å². The molecule has 0 unspecified atom stereocenters. The molecule has 3 nitrogen and oxygen atoms in total. The van der Waals surface area contributed by atoms with Gasteiger partial charge in [-0.1, -0.05) is 43.4 Å². The topological polar surface area (TPSA) is 36.8 Å². The summed E-state index contributed by atoms with van der Waals surface area (Å²) in [5, 5.41) is 3.39. The summed E-state index contributed by atoms with van der Waals surface area (Å²) in [5.74, 6) is 0. The number of aryl methyl sites for hydroxylation is 1. The minimum Gasteiger partial charge on any atom is -0.354 e. The van der Waals surface area contributed by atoms with E-state index in [9.17, 15) is 13.2 Å². The van der Waals surface area contributed by atoms with Crippen LogP contribution in [0.25, 0.3) is 5.57 Å². The molecule has 184 valence electrons. The van der Waals surface area contributed by atoms with Gasteiger partial charge in [0, 0.05) is 24.0 Å². The third-order valence-corrected chi connectivity index (χ3v) is 5.08. The minimum absolute atomic E-state index is 0.0285. The highest BCUT2D eigenvalue weighted by atomic mass is 19.4. The molecule has 0 aliphatic carbocycles. The summed E-state index contributed by atoms with van der Waals surface area (Å²) >= 11 is 0. The lowest BCUT2D eigenvalue weighted by molar-refractivity contribution is -0.0583. The molecule has 34 heavy (non-hydrogen) atoms. The van der Waals surface area contributed by atoms with Gasteiger partial charge in [-0.05, 0) is 82.9 Å². The number of rotatable bonds is 10. The Kier molecular flexibility index (Phi) is 11.5. The van der Waals surface area contributed by atoms with Gasteiger partial charge in [0.25, 0.3) is 0 Å². The predicted molar refractivity (Wildman–Crippen MR) is 142 cm³/mol. The highest BCUT2D eigenvalue weighted by molar-refractivity contribution is 6.07. The normalized spacial score (nSPS) is 14.7. The smallest absolute Gasteiger partial charge is 0.354 e. The molecule has 6 heteroatoms. The van der Waals surface area contributed by atoms with Gasteiger partial charge in [-0.3, -0.25) is 9.98 Å². The van der Waals surface area contributed by atoms with Gasteiger partial charge in [-0.15, -0.1) is 0 Å². The van der Waals surface area contributed by atoms with Crippen LogP contribution in [0.3, 0.4) is 0 Å². The van der Waals surface area contributed by atoms with Crippen LogP contribution in [0.4, 0.5) is 18.9 Å². The lowest BCUT2D eigenvalue weighted by atomic mass is 9.99. The van der Waals surface area contributed by atoms with Crippen LogP contribution in [0.1, 0.15) is 59.6 Å². The number of halogens is 3. The molecule has 1 aromatic carbocycles. The molecular weight excluding hydrogens is 435 g/mol. The van der Waals surface area contributed by atoms with Crippen molar-refractivity contribution in [1.29, 1.82) is 0 Å². The zero-order valence-electron chi connectivity index (χ0n) is 21.3. The van der Waals surface area contributed by atoms with Crippen LogP contribution in [0, 0.1) is 0 Å². The molecule has 0 amide bonds. The van der Waals surface area contributed by atoms with Gasteiger partial charge in [-0.25, -0.2) is 0 Å². The standard InChI is InChI=1S/C28H36F3N3/c1-9-13-14-26(34-23-15-16-25(19(5)6)22(10-2)17-23)21(8)33-18-20(7)24(11-3)27(32-12-4)28(29,30)31/h9,11,13-18,34H,5,10,12H2,1-4,6-8H3/b13-9-,20-18+,24-11-,26-14+,32-27?,33-21+. The van der Waals surface area contributed by atoms with Gasteiger partial charge in [0.1, 0.15) is 5.71 Å². The second-order valence-electron chi connectivity index (χ2n) is 7.79. The fraction of sp³-hybridized carbons (Fsp3) is 0.357. The highest BCUT2D eigenvalue weighted by Gasteiger charge is 2.37. The minimum atomic E-state index is -4.53. The second kappa shape index (κ2) is 13.5. The molecule has 0 aromatic heterocycles. The van der Waals surface area contributed by atoms with E-state index in [1.54, 1.807) is 20.8 Å². The van der Waals surface area contributed by atoms with Crippen molar-refractivity contribution in [2.45, 2.75) is 61.1 Å². The van der Waals surface area contributed by atoms with Crippen molar-refractivity contribution in [1.82, 2.24) is 0 Å². The molecule has 0 atom stereocenters. The maximum atomic E-state index is 13.5. The van der Waals surface area contributed by atoms with Gasteiger partial charge in [0.2, 0.25) is 0 Å². The van der Waals surface area contributed by atoms with Crippen LogP contribution in [-0.2, 0) is 6.42 Å². The Hall–Kier alpha value is -3.15. The first-order valence-corrected chi connectivity index (χ1v) is 11.4. The number of hydrogen-bond donors (Lipinski definition) is 1. The van der Waals surface area contributed by atoms with E-state index in [1.807, 2.05) is 51.1 Å². The number of nitrogens with one attached hydrogen (secondary N) is 1. The Bertz CT molecular complexity index is 1050. The molecule has 0 fully saturated rings. The number of hydrogen-bond acceptors (Lipinski definition) is 3. The summed E-state index contributed by atoms with van der Waals surface area (Å²) in [6.07, 6.45) is 4.87. The van der Waals surface area contributed by atoms with Crippen LogP contribution in [0.5, 0.6) is 0 Å². The van der Waals surface area contributed by atoms with E-state index in [0.29, 0.717) is 11.3 Å². The van der Waals surface area contributed by atoms with Crippen LogP contribution < -0.4 is 5.32 Å². The Morgan fingerprint density at radius 1 is 1.12 bits per heavy atom. The quantitative estimate of drug-likeness (QED) is 0.270. The highest BCUT2D eigenvalue weighted by Crippen LogP contribution is 2.27. The third-order valence-electron chi connectivity index (χ3n) is 5.08. The zero-order valence-corrected chi connectivity index (χ0v) is 21.3. The molecule has 1 rings (SSSR count). The van der Waals surface area contributed by atoms with E-state index >= 15 is 0 Å². The monoisotopic (exact) mass is 471 g/mol. The van der Waals surface area contributed by atoms with E-state index in [4.69, 9.17) is 0 Å². The second-order valence-corrected chi connectivity index (χ2v) is 7.79. The molecule has 0 heterocycles. The molecular formula is C28H36F3N3. The van der Waals surface area contributed by atoms with Crippen molar-refractivity contribution in [2.24, 2.45) is 9.98 Å². The Morgan fingerprint density at radius 2 is 1.79 bits per heavy atom. The van der Waals surface area contributed by atoms with Crippen molar-refractivity contribution in [3.05, 3.63) is 83.3 Å². The van der Waals surface area contributed by atoms with Crippen molar-refractivity contribution in [2.75, 3.05) is 11.9 Å². The Balaban J connectivity index is 3.35. The molecule has 0 saturated carbocycles. The van der Waals surface area contributed by atoms with Crippen molar-refractivity contribution in [3.8, 4) is 0 Å². The number of aliphatic imine (C=N–C) groups is 2. The predicted octanol–water partition coefficient (Wildman–Crippen LogP) is 8.49. The van der Waals surface area contributed by atoms with Crippen molar-refractivity contribution in [3.63, 3.8) is 0 Å². The number of allylic oxidation sites excluding steroid dienone is 8. The summed E-state index contributed by atoms with van der Waals surface area (Å²) in [6, 6.07) is 6.10. The van der Waals surface area contributed by atoms with E-state index in [0.717, 1.165) is 28.9 Å². The lowest BCUT2D eigenvalue weighted by Crippen LogP contribution is -2.26. The Labute approximate surface area is 202 Å². The summed E-state index contributed by atoms with van der Waals surface area (Å²) in [7, 11) is 0. The van der Waals surface area contributed by atoms with E-state index in [1.165, 1.54) is 17.8 Å². The van der Waals surface area contributed by atoms with Crippen LogP contribution in [0.15, 0.2) is 82.1 Å². The van der Waals surface area contributed by atoms with Gasteiger partial charge < -0.3 is 5.32 Å². The SMILES string of the molecule is C=C(C)c1ccc(NC(=C/C=C\C)/C(C)=N/C=C(C)/C(=C/C)C(=NCC)C(F)(F)F)cc1CC. The molecule has 0 aliphatic heterocycles. The molecule has 0 radical (unpaired) electrons. The zero-order chi connectivity index (χ0) is 25.9. The van der Waals surface area contributed by atoms with Gasteiger partial charge in [0.15, 0.2) is 0 Å². The molecule has 0 spiro atoms. The summed E-state index contributed by atoms with van der Waals surface area (Å²) < 4.78 is 40.5. The number of alkyl halides is 3. The molecule has 1 aromatic rings. The fourth-order valence-corrected chi connectivity index (χ4v) is 3.35. The molecule has 1 N–H and O–H groups in total. The molecule has 0 bridgehead atoms. The van der Waals surface area contributed by atoms with Gasteiger partial charge in [-0.2, -0.15) is 13.2 Å². The fourth-order valence-electron chi connectivity index (χ4n) is 3.35. The molecule has 0 saturated heterocycles. The van der Waals surface area contributed by atoms with Gasteiger partial charge in [0.05, 0.1) is 11.4 Å². The van der Waals surface area contributed by atoms with Crippen molar-refractivity contribution >= 4 is 22.7 Å². The lowest BCUT2D eigenvalue weighted by Gasteiger charge is -2.15. The van der Waals surface area contributed by atoms with Crippen molar-refractivity contribution < 1.29 is 13.2 Å². The third kappa shape index (κ3) is 8.32. The molecule has 0 aliphatic rings. The summed E-state index contributed by atoms with van der Waals surface area (Å²) in [4.78, 5) is 8.14. The first-order chi connectivity index (χ1) is 16.0. The average molecular weight is 472 g/mol. The number of anilines is 1. The Morgan fingerprint density at radius 3 is 2.29 bits per heavy atom. The van der Waals surface area contributed by atoms with E-state index in [2.05, 4.69) is 34.9 Å². The summed E-state index contributed by atoms with van der Waals surface area (Å²) in [5.41, 5.74) is 5.13. The van der Waals surface area contributed by atoms with Crippen LogP contribution >= 0.6 is 0 Å². The maximum absolute atomic E-state index is 13.5. The van der Waals surface area contributed by atoms with Crippen LogP contribution in [0.2, 0.25) is 0 Å². The van der Waals surface area contributed by atoms with Crippen LogP contribution in [-0.4, -0.2) is 24.1 Å². The maximum Gasteiger partial charge on any atom is 0.433 e. The largest absolute Gasteiger partial charge is 0.433 e. The summed E-state index contributed by atoms with van der Waals surface area (Å²) in [6.45, 7) is 16.7. The number of nitrogens with zero attached hydrogens (tertiary/aromatic N) is 2. The van der Waals surface area contributed by atoms with E-state index < -0.39 is 11.9 Å². The van der Waals surface area contributed by atoms with Gasteiger partial charge >= 0.3 is 6.18 Å². The first-order valence-electron chi connectivity index (χ1n) is 11.4.